The number of aliphatic carboxylic acids is 1. The van der Waals surface area contributed by atoms with Gasteiger partial charge in [-0.15, -0.1) is 0 Å². The Morgan fingerprint density at radius 3 is 2.21 bits per heavy atom. The molecule has 1 amide bonds. The molecule has 2 aromatic rings. The highest BCUT2D eigenvalue weighted by Crippen LogP contribution is 2.26. The van der Waals surface area contributed by atoms with Gasteiger partial charge in [-0.25, -0.2) is 0 Å². The second-order valence-electron chi connectivity index (χ2n) is 6.08. The third kappa shape index (κ3) is 8.48. The molecule has 28 heavy (non-hydrogen) atoms. The van der Waals surface area contributed by atoms with Crippen LogP contribution in [0.15, 0.2) is 60.7 Å². The second kappa shape index (κ2) is 12.1. The molecular weight excluding hydrogens is 381 g/mol. The molecule has 2 aromatic carbocycles. The van der Waals surface area contributed by atoms with Crippen LogP contribution >= 0.6 is 8.03 Å². The predicted octanol–water partition coefficient (Wildman–Crippen LogP) is 2.85. The summed E-state index contributed by atoms with van der Waals surface area (Å²) >= 11 is 0. The van der Waals surface area contributed by atoms with Gasteiger partial charge in [0.2, 0.25) is 13.9 Å². The number of hydrogen-bond acceptors (Lipinski definition) is 5. The summed E-state index contributed by atoms with van der Waals surface area (Å²) in [5.74, 6) is -1.50. The Hall–Kier alpha value is -2.47. The lowest BCUT2D eigenvalue weighted by molar-refractivity contribution is -0.137. The number of ether oxygens (including phenoxy) is 1. The van der Waals surface area contributed by atoms with E-state index in [9.17, 15) is 14.2 Å². The van der Waals surface area contributed by atoms with Gasteiger partial charge in [0, 0.05) is 13.0 Å². The number of carbonyl (C=O) groups is 2. The average molecular weight is 405 g/mol. The number of hydrogen-bond donors (Lipinski definition) is 2. The summed E-state index contributed by atoms with van der Waals surface area (Å²) in [5.41, 5.74) is 1.80. The van der Waals surface area contributed by atoms with Gasteiger partial charge in [-0.05, 0) is 11.1 Å². The summed E-state index contributed by atoms with van der Waals surface area (Å²) < 4.78 is 23.2. The Labute approximate surface area is 164 Å². The first-order valence-corrected chi connectivity index (χ1v) is 10.4. The summed E-state index contributed by atoms with van der Waals surface area (Å²) in [7, 11) is -2.61. The topological polar surface area (TPSA) is 102 Å². The molecule has 0 bridgehead atoms. The van der Waals surface area contributed by atoms with Gasteiger partial charge in [-0.2, -0.15) is 0 Å². The number of amides is 1. The molecule has 2 N–H and O–H groups in total. The summed E-state index contributed by atoms with van der Waals surface area (Å²) in [6, 6.07) is 18.7. The standard InChI is InChI=1S/C20H24NO6P/c22-19(23)11-12-21-20(24)18(13-16-7-3-1-4-8-16)27-28(25)15-26-14-17-9-5-2-6-10-17/h1-10,18,28H,11-15H2,(H,21,24)(H,22,23). The molecule has 2 rings (SSSR count). The van der Waals surface area contributed by atoms with Crippen molar-refractivity contribution in [1.82, 2.24) is 5.32 Å². The molecule has 150 valence electrons. The fourth-order valence-electron chi connectivity index (χ4n) is 2.44. The van der Waals surface area contributed by atoms with E-state index < -0.39 is 26.0 Å². The van der Waals surface area contributed by atoms with Crippen molar-refractivity contribution in [2.75, 3.05) is 12.9 Å². The first-order valence-electron chi connectivity index (χ1n) is 8.89. The molecule has 0 saturated carbocycles. The zero-order valence-electron chi connectivity index (χ0n) is 15.4. The first-order chi connectivity index (χ1) is 13.5. The van der Waals surface area contributed by atoms with Crippen LogP contribution in [0, 0.1) is 0 Å². The van der Waals surface area contributed by atoms with Crippen molar-refractivity contribution in [1.29, 1.82) is 0 Å². The van der Waals surface area contributed by atoms with Gasteiger partial charge >= 0.3 is 5.97 Å². The van der Waals surface area contributed by atoms with E-state index in [-0.39, 0.29) is 25.7 Å². The average Bonchev–Trinajstić information content (AvgIpc) is 2.69. The molecule has 0 heterocycles. The van der Waals surface area contributed by atoms with Crippen molar-refractivity contribution < 1.29 is 28.5 Å². The highest BCUT2D eigenvalue weighted by molar-refractivity contribution is 7.38. The van der Waals surface area contributed by atoms with Gasteiger partial charge in [0.25, 0.3) is 0 Å². The summed E-state index contributed by atoms with van der Waals surface area (Å²) in [4.78, 5) is 23.0. The number of carbonyl (C=O) groups excluding carboxylic acids is 1. The lowest BCUT2D eigenvalue weighted by Crippen LogP contribution is -2.38. The van der Waals surface area contributed by atoms with E-state index in [1.54, 1.807) is 0 Å². The Bertz CT molecular complexity index is 769. The van der Waals surface area contributed by atoms with Gasteiger partial charge in [-0.1, -0.05) is 60.7 Å². The lowest BCUT2D eigenvalue weighted by Gasteiger charge is -2.17. The Morgan fingerprint density at radius 1 is 1.00 bits per heavy atom. The van der Waals surface area contributed by atoms with Gasteiger partial charge in [-0.3, -0.25) is 14.2 Å². The maximum atomic E-state index is 12.4. The number of carboxylic acid groups (broad SMARTS) is 1. The van der Waals surface area contributed by atoms with Crippen molar-refractivity contribution in [2.45, 2.75) is 25.6 Å². The number of nitrogens with one attached hydrogen (secondary N) is 1. The van der Waals surface area contributed by atoms with Crippen molar-refractivity contribution in [3.63, 3.8) is 0 Å². The van der Waals surface area contributed by atoms with E-state index in [2.05, 4.69) is 5.32 Å². The Kier molecular flexibility index (Phi) is 9.42. The second-order valence-corrected chi connectivity index (χ2v) is 7.35. The molecule has 2 atom stereocenters. The third-order valence-electron chi connectivity index (χ3n) is 3.80. The van der Waals surface area contributed by atoms with E-state index in [4.69, 9.17) is 14.4 Å². The van der Waals surface area contributed by atoms with Crippen LogP contribution in [0.25, 0.3) is 0 Å². The largest absolute Gasteiger partial charge is 0.481 e. The summed E-state index contributed by atoms with van der Waals surface area (Å²) in [5, 5.41) is 11.2. The highest BCUT2D eigenvalue weighted by atomic mass is 31.1. The predicted molar refractivity (Wildman–Crippen MR) is 105 cm³/mol. The fraction of sp³-hybridized carbons (Fsp3) is 0.300. The van der Waals surface area contributed by atoms with Crippen LogP contribution in [0.2, 0.25) is 0 Å². The number of rotatable bonds is 12. The van der Waals surface area contributed by atoms with Crippen LogP contribution in [0.4, 0.5) is 0 Å². The molecular formula is C20H24NO6P. The van der Waals surface area contributed by atoms with E-state index in [1.165, 1.54) is 0 Å². The van der Waals surface area contributed by atoms with Crippen molar-refractivity contribution in [3.8, 4) is 0 Å². The number of benzene rings is 2. The normalized spacial score (nSPS) is 12.9. The maximum absolute atomic E-state index is 12.4. The van der Waals surface area contributed by atoms with Gasteiger partial charge < -0.3 is 19.7 Å². The highest BCUT2D eigenvalue weighted by Gasteiger charge is 2.22. The molecule has 0 aliphatic carbocycles. The van der Waals surface area contributed by atoms with Crippen molar-refractivity contribution in [3.05, 3.63) is 71.8 Å². The molecule has 7 nitrogen and oxygen atoms in total. The molecule has 8 heteroatoms. The van der Waals surface area contributed by atoms with Crippen LogP contribution in [-0.4, -0.2) is 36.0 Å². The molecule has 0 spiro atoms. The maximum Gasteiger partial charge on any atom is 0.305 e. The minimum absolute atomic E-state index is 0.0196. The van der Waals surface area contributed by atoms with E-state index >= 15 is 0 Å². The first kappa shape index (κ1) is 21.8. The van der Waals surface area contributed by atoms with Crippen molar-refractivity contribution in [2.24, 2.45) is 0 Å². The molecule has 0 radical (unpaired) electrons. The number of carboxylic acids is 1. The van der Waals surface area contributed by atoms with Crippen molar-refractivity contribution >= 4 is 19.9 Å². The molecule has 0 fully saturated rings. The molecule has 0 saturated heterocycles. The minimum Gasteiger partial charge on any atom is -0.481 e. The van der Waals surface area contributed by atoms with E-state index in [0.29, 0.717) is 6.61 Å². The zero-order valence-corrected chi connectivity index (χ0v) is 16.4. The lowest BCUT2D eigenvalue weighted by atomic mass is 10.1. The SMILES string of the molecule is O=C(O)CCNC(=O)C(Cc1ccccc1)O[PH](=O)COCc1ccccc1. The molecule has 0 aliphatic rings. The molecule has 0 aliphatic heterocycles. The quantitative estimate of drug-likeness (QED) is 0.527. The summed E-state index contributed by atoms with van der Waals surface area (Å²) in [6.07, 6.45) is -1.05. The monoisotopic (exact) mass is 405 g/mol. The van der Waals surface area contributed by atoms with Gasteiger partial charge in [0.15, 0.2) is 0 Å². The van der Waals surface area contributed by atoms with Gasteiger partial charge in [0.1, 0.15) is 12.5 Å². The van der Waals surface area contributed by atoms with Crippen LogP contribution in [-0.2, 0) is 36.4 Å². The van der Waals surface area contributed by atoms with Crippen LogP contribution in [0.1, 0.15) is 17.5 Å². The van der Waals surface area contributed by atoms with E-state index in [0.717, 1.165) is 11.1 Å². The third-order valence-corrected chi connectivity index (χ3v) is 4.79. The van der Waals surface area contributed by atoms with Gasteiger partial charge in [0.05, 0.1) is 13.0 Å². The molecule has 0 aromatic heterocycles. The van der Waals surface area contributed by atoms with Crippen LogP contribution in [0.5, 0.6) is 0 Å². The Balaban J connectivity index is 1.88. The Morgan fingerprint density at radius 2 is 1.61 bits per heavy atom. The van der Waals surface area contributed by atoms with Crippen LogP contribution < -0.4 is 5.32 Å². The summed E-state index contributed by atoms with van der Waals surface area (Å²) in [6.45, 7) is 0.281. The minimum atomic E-state index is -2.61. The molecule has 2 unspecified atom stereocenters. The fourth-order valence-corrected chi connectivity index (χ4v) is 3.29. The smallest absolute Gasteiger partial charge is 0.305 e. The van der Waals surface area contributed by atoms with Crippen LogP contribution in [0.3, 0.4) is 0 Å². The van der Waals surface area contributed by atoms with E-state index in [1.807, 2.05) is 60.7 Å². The zero-order chi connectivity index (χ0) is 20.2.